The summed E-state index contributed by atoms with van der Waals surface area (Å²) >= 11 is 0. The van der Waals surface area contributed by atoms with Crippen molar-refractivity contribution in [3.05, 3.63) is 95.6 Å². The van der Waals surface area contributed by atoms with Gasteiger partial charge in [0.1, 0.15) is 5.75 Å². The van der Waals surface area contributed by atoms with Crippen molar-refractivity contribution in [2.75, 3.05) is 50.9 Å². The summed E-state index contributed by atoms with van der Waals surface area (Å²) in [5, 5.41) is 0. The summed E-state index contributed by atoms with van der Waals surface area (Å²) in [7, 11) is -0.473. The van der Waals surface area contributed by atoms with E-state index in [2.05, 4.69) is 53.4 Å². The van der Waals surface area contributed by atoms with Crippen molar-refractivity contribution in [1.29, 1.82) is 0 Å². The Bertz CT molecular complexity index is 1220. The van der Waals surface area contributed by atoms with E-state index in [0.717, 1.165) is 10.6 Å². The molecule has 8 heteroatoms. The van der Waals surface area contributed by atoms with Crippen LogP contribution in [0.25, 0.3) is 0 Å². The molecule has 0 unspecified atom stereocenters. The van der Waals surface area contributed by atoms with Gasteiger partial charge in [-0.15, -0.1) is 0 Å². The van der Waals surface area contributed by atoms with Crippen molar-refractivity contribution in [2.45, 2.75) is 6.04 Å². The first-order valence-corrected chi connectivity index (χ1v) is 13.4. The van der Waals surface area contributed by atoms with Crippen LogP contribution in [0.2, 0.25) is 0 Å². The van der Waals surface area contributed by atoms with Crippen molar-refractivity contribution >= 4 is 21.6 Å². The standard InChI is InChI=1S/C27H31N3O4S/c1-28(35(3,32)33)23-14-15-25(34-2)24(20-23)27(31)30-18-16-29(17-19-30)26(21-10-6-4-7-11-21)22-12-8-5-9-13-22/h4-15,20,26H,16-19H2,1-3H3. The second-order valence-electron chi connectivity index (χ2n) is 8.67. The molecule has 7 nitrogen and oxygen atoms in total. The van der Waals surface area contributed by atoms with Gasteiger partial charge in [0.25, 0.3) is 5.91 Å². The van der Waals surface area contributed by atoms with Crippen LogP contribution in [0.1, 0.15) is 27.5 Å². The maximum Gasteiger partial charge on any atom is 0.257 e. The van der Waals surface area contributed by atoms with Crippen LogP contribution < -0.4 is 9.04 Å². The molecule has 0 bridgehead atoms. The van der Waals surface area contributed by atoms with Crippen molar-refractivity contribution in [3.63, 3.8) is 0 Å². The van der Waals surface area contributed by atoms with Crippen LogP contribution >= 0.6 is 0 Å². The number of benzene rings is 3. The van der Waals surface area contributed by atoms with Gasteiger partial charge in [-0.25, -0.2) is 8.42 Å². The number of sulfonamides is 1. The van der Waals surface area contributed by atoms with Gasteiger partial charge in [0.15, 0.2) is 0 Å². The van der Waals surface area contributed by atoms with Gasteiger partial charge >= 0.3 is 0 Å². The zero-order valence-electron chi connectivity index (χ0n) is 20.3. The molecule has 1 heterocycles. The fourth-order valence-corrected chi connectivity index (χ4v) is 4.99. The number of hydrogen-bond donors (Lipinski definition) is 0. The minimum atomic E-state index is -3.45. The highest BCUT2D eigenvalue weighted by atomic mass is 32.2. The lowest BCUT2D eigenvalue weighted by molar-refractivity contribution is 0.0594. The number of carbonyl (C=O) groups is 1. The minimum absolute atomic E-state index is 0.107. The zero-order valence-corrected chi connectivity index (χ0v) is 21.1. The summed E-state index contributed by atoms with van der Waals surface area (Å²) in [4.78, 5) is 17.7. The number of piperazine rings is 1. The average molecular weight is 494 g/mol. The van der Waals surface area contributed by atoms with Gasteiger partial charge in [-0.3, -0.25) is 14.0 Å². The molecule has 0 spiro atoms. The minimum Gasteiger partial charge on any atom is -0.496 e. The summed E-state index contributed by atoms with van der Waals surface area (Å²) in [5.74, 6) is 0.260. The van der Waals surface area contributed by atoms with Gasteiger partial charge in [0, 0.05) is 33.2 Å². The largest absolute Gasteiger partial charge is 0.496 e. The van der Waals surface area contributed by atoms with E-state index in [0.29, 0.717) is 43.2 Å². The SMILES string of the molecule is COc1ccc(N(C)S(C)(=O)=O)cc1C(=O)N1CCN(C(c2ccccc2)c2ccccc2)CC1. The number of amides is 1. The predicted octanol–water partition coefficient (Wildman–Crippen LogP) is 3.64. The van der Waals surface area contributed by atoms with Crippen molar-refractivity contribution < 1.29 is 17.9 Å². The summed E-state index contributed by atoms with van der Waals surface area (Å²) in [5.41, 5.74) is 3.22. The number of hydrogen-bond acceptors (Lipinski definition) is 5. The maximum atomic E-state index is 13.5. The zero-order chi connectivity index (χ0) is 25.0. The fourth-order valence-electron chi connectivity index (χ4n) is 4.49. The Hall–Kier alpha value is -3.36. The van der Waals surface area contributed by atoms with Gasteiger partial charge in [0.2, 0.25) is 10.0 Å². The maximum absolute atomic E-state index is 13.5. The third kappa shape index (κ3) is 5.49. The van der Waals surface area contributed by atoms with Crippen LogP contribution in [0, 0.1) is 0 Å². The molecule has 1 fully saturated rings. The molecule has 0 aliphatic carbocycles. The fraction of sp³-hybridized carbons (Fsp3) is 0.296. The quantitative estimate of drug-likeness (QED) is 0.503. The van der Waals surface area contributed by atoms with Gasteiger partial charge in [0.05, 0.1) is 30.7 Å². The van der Waals surface area contributed by atoms with Crippen LogP contribution in [-0.4, -0.2) is 70.7 Å². The van der Waals surface area contributed by atoms with E-state index in [1.54, 1.807) is 18.2 Å². The molecule has 1 amide bonds. The van der Waals surface area contributed by atoms with E-state index in [1.165, 1.54) is 25.3 Å². The number of ether oxygens (including phenoxy) is 1. The molecule has 35 heavy (non-hydrogen) atoms. The van der Waals surface area contributed by atoms with Crippen LogP contribution in [0.5, 0.6) is 5.75 Å². The van der Waals surface area contributed by atoms with E-state index < -0.39 is 10.0 Å². The monoisotopic (exact) mass is 493 g/mol. The molecule has 0 radical (unpaired) electrons. The molecule has 1 aliphatic heterocycles. The van der Waals surface area contributed by atoms with Crippen molar-refractivity contribution in [1.82, 2.24) is 9.80 Å². The molecule has 3 aromatic carbocycles. The highest BCUT2D eigenvalue weighted by Crippen LogP contribution is 2.31. The van der Waals surface area contributed by atoms with E-state index in [9.17, 15) is 13.2 Å². The molecule has 0 saturated carbocycles. The first-order valence-electron chi connectivity index (χ1n) is 11.5. The summed E-state index contributed by atoms with van der Waals surface area (Å²) < 4.78 is 30.6. The van der Waals surface area contributed by atoms with Crippen LogP contribution in [0.3, 0.4) is 0 Å². The Morgan fingerprint density at radius 3 is 1.91 bits per heavy atom. The number of anilines is 1. The highest BCUT2D eigenvalue weighted by Gasteiger charge is 2.30. The Balaban J connectivity index is 1.55. The Morgan fingerprint density at radius 2 is 1.43 bits per heavy atom. The molecular formula is C27H31N3O4S. The van der Waals surface area contributed by atoms with E-state index in [-0.39, 0.29) is 11.9 Å². The normalized spacial score (nSPS) is 14.7. The van der Waals surface area contributed by atoms with Crippen LogP contribution in [0.15, 0.2) is 78.9 Å². The second kappa shape index (κ2) is 10.5. The van der Waals surface area contributed by atoms with Gasteiger partial charge in [-0.05, 0) is 29.3 Å². The molecular weight excluding hydrogens is 462 g/mol. The summed E-state index contributed by atoms with van der Waals surface area (Å²) in [6.07, 6.45) is 1.13. The number of rotatable bonds is 7. The second-order valence-corrected chi connectivity index (χ2v) is 10.7. The number of carbonyl (C=O) groups excluding carboxylic acids is 1. The summed E-state index contributed by atoms with van der Waals surface area (Å²) in [6, 6.07) is 25.8. The topological polar surface area (TPSA) is 70.2 Å². The molecule has 4 rings (SSSR count). The first-order chi connectivity index (χ1) is 16.8. The molecule has 1 aliphatic rings. The van der Waals surface area contributed by atoms with E-state index >= 15 is 0 Å². The van der Waals surface area contributed by atoms with Gasteiger partial charge in [-0.2, -0.15) is 0 Å². The molecule has 3 aromatic rings. The van der Waals surface area contributed by atoms with Gasteiger partial charge < -0.3 is 9.64 Å². The molecule has 1 saturated heterocycles. The lowest BCUT2D eigenvalue weighted by Crippen LogP contribution is -2.50. The third-order valence-electron chi connectivity index (χ3n) is 6.47. The van der Waals surface area contributed by atoms with E-state index in [1.807, 2.05) is 17.0 Å². The Labute approximate surface area is 207 Å². The smallest absolute Gasteiger partial charge is 0.257 e. The average Bonchev–Trinajstić information content (AvgIpc) is 2.89. The summed E-state index contributed by atoms with van der Waals surface area (Å²) in [6.45, 7) is 2.55. The number of methoxy groups -OCH3 is 1. The predicted molar refractivity (Wildman–Crippen MR) is 138 cm³/mol. The van der Waals surface area contributed by atoms with Gasteiger partial charge in [-0.1, -0.05) is 60.7 Å². The van der Waals surface area contributed by atoms with Crippen molar-refractivity contribution in [2.24, 2.45) is 0 Å². The van der Waals surface area contributed by atoms with E-state index in [4.69, 9.17) is 4.74 Å². The molecule has 184 valence electrons. The highest BCUT2D eigenvalue weighted by molar-refractivity contribution is 7.92. The Morgan fingerprint density at radius 1 is 0.886 bits per heavy atom. The molecule has 0 atom stereocenters. The first kappa shape index (κ1) is 24.8. The molecule has 0 N–H and O–H groups in total. The molecule has 0 aromatic heterocycles. The Kier molecular flexibility index (Phi) is 7.42. The van der Waals surface area contributed by atoms with Crippen LogP contribution in [0.4, 0.5) is 5.69 Å². The number of nitrogens with zero attached hydrogens (tertiary/aromatic N) is 3. The van der Waals surface area contributed by atoms with Crippen molar-refractivity contribution in [3.8, 4) is 5.75 Å². The third-order valence-corrected chi connectivity index (χ3v) is 7.68. The van der Waals surface area contributed by atoms with Crippen LogP contribution in [-0.2, 0) is 10.0 Å². The lowest BCUT2D eigenvalue weighted by Gasteiger charge is -2.40. The lowest BCUT2D eigenvalue weighted by atomic mass is 9.96.